The average molecular weight is 608 g/mol. The smallest absolute Gasteiger partial charge is 0.313 e. The molecule has 0 unspecified atom stereocenters. The number of carbonyl (C=O) groups excluding carboxylic acids is 4. The molecule has 1 aromatic rings. The van der Waals surface area contributed by atoms with Crippen LogP contribution in [0.2, 0.25) is 0 Å². The SMILES string of the molecule is CCCCN1C/C=C\CCC(=O)NC[C@H](c2ccccc2)OC(=O)[C@@H]2[C@H]3C(=O)N(CCCCCCO)[C@H](C1=O)[C@]31C=C[C@H]2O1. The number of rotatable bonds is 10. The van der Waals surface area contributed by atoms with Crippen molar-refractivity contribution in [2.75, 3.05) is 32.8 Å². The molecule has 2 saturated heterocycles. The van der Waals surface area contributed by atoms with Crippen LogP contribution < -0.4 is 5.32 Å². The third-order valence-corrected chi connectivity index (χ3v) is 9.23. The van der Waals surface area contributed by atoms with Crippen LogP contribution in [0, 0.1) is 11.8 Å². The van der Waals surface area contributed by atoms with Crippen molar-refractivity contribution in [2.24, 2.45) is 11.8 Å². The molecule has 4 heterocycles. The topological polar surface area (TPSA) is 125 Å². The van der Waals surface area contributed by atoms with E-state index in [2.05, 4.69) is 12.2 Å². The Bertz CT molecular complexity index is 1250. The van der Waals surface area contributed by atoms with Crippen molar-refractivity contribution >= 4 is 23.7 Å². The zero-order chi connectivity index (χ0) is 31.1. The number of benzene rings is 1. The van der Waals surface area contributed by atoms with E-state index >= 15 is 0 Å². The molecule has 4 aliphatic rings. The fraction of sp³-hybridized carbons (Fsp3) is 0.588. The molecule has 6 atom stereocenters. The number of amides is 3. The normalized spacial score (nSPS) is 31.3. The van der Waals surface area contributed by atoms with Crippen molar-refractivity contribution < 1.29 is 33.8 Å². The molecule has 5 bridgehead atoms. The summed E-state index contributed by atoms with van der Waals surface area (Å²) in [7, 11) is 0. The number of nitrogens with one attached hydrogen (secondary N) is 1. The second-order valence-electron chi connectivity index (χ2n) is 12.2. The van der Waals surface area contributed by atoms with Gasteiger partial charge in [0.1, 0.15) is 23.7 Å². The van der Waals surface area contributed by atoms with Gasteiger partial charge < -0.3 is 29.7 Å². The molecule has 5 rings (SSSR count). The van der Waals surface area contributed by atoms with Gasteiger partial charge in [0, 0.05) is 32.7 Å². The van der Waals surface area contributed by atoms with Crippen molar-refractivity contribution in [1.29, 1.82) is 0 Å². The minimum atomic E-state index is -1.26. The maximum absolute atomic E-state index is 14.5. The first-order chi connectivity index (χ1) is 21.4. The third kappa shape index (κ3) is 6.47. The van der Waals surface area contributed by atoms with Gasteiger partial charge in [-0.25, -0.2) is 0 Å². The molecule has 0 aliphatic carbocycles. The Hall–Kier alpha value is -3.50. The van der Waals surface area contributed by atoms with E-state index in [4.69, 9.17) is 9.47 Å². The summed E-state index contributed by atoms with van der Waals surface area (Å²) >= 11 is 0. The Morgan fingerprint density at radius 2 is 1.77 bits per heavy atom. The standard InChI is InChI=1S/C34H45N3O7/c1-2-3-19-36-20-11-7-10-16-27(39)35-23-26(24-14-8-6-9-15-24)43-33(42)28-25-17-18-34(44-25)29(28)31(40)37(30(34)32(36)41)21-12-4-5-13-22-38/h6-9,11,14-15,17-18,25-26,28-30,38H,2-5,10,12-13,16,19-23H2,1H3,(H,35,39)/b11-7-/t25-,26-,28+,29+,30-,34+/m1/s1. The van der Waals surface area contributed by atoms with E-state index in [1.54, 1.807) is 15.9 Å². The molecule has 0 aromatic heterocycles. The number of ether oxygens (including phenoxy) is 2. The Kier molecular flexibility index (Phi) is 10.5. The number of fused-ring (bicyclic) bond motifs is 2. The summed E-state index contributed by atoms with van der Waals surface area (Å²) < 4.78 is 12.6. The molecule has 0 radical (unpaired) electrons. The monoisotopic (exact) mass is 607 g/mol. The lowest BCUT2D eigenvalue weighted by atomic mass is 9.74. The van der Waals surface area contributed by atoms with Crippen LogP contribution in [-0.4, -0.2) is 89.1 Å². The molecule has 238 valence electrons. The molecule has 0 saturated carbocycles. The minimum Gasteiger partial charge on any atom is -0.455 e. The Morgan fingerprint density at radius 3 is 2.55 bits per heavy atom. The zero-order valence-electron chi connectivity index (χ0n) is 25.6. The highest BCUT2D eigenvalue weighted by molar-refractivity contribution is 5.99. The van der Waals surface area contributed by atoms with E-state index in [9.17, 15) is 24.3 Å². The van der Waals surface area contributed by atoms with E-state index in [1.807, 2.05) is 48.6 Å². The molecular weight excluding hydrogens is 562 g/mol. The van der Waals surface area contributed by atoms with Gasteiger partial charge in [-0.1, -0.05) is 80.8 Å². The maximum Gasteiger partial charge on any atom is 0.313 e. The van der Waals surface area contributed by atoms with Gasteiger partial charge in [-0.2, -0.15) is 0 Å². The highest BCUT2D eigenvalue weighted by Crippen LogP contribution is 2.55. The van der Waals surface area contributed by atoms with Gasteiger partial charge in [0.05, 0.1) is 18.6 Å². The number of aliphatic hydroxyl groups is 1. The predicted octanol–water partition coefficient (Wildman–Crippen LogP) is 3.07. The number of nitrogens with zero attached hydrogens (tertiary/aromatic N) is 2. The molecule has 2 N–H and O–H groups in total. The molecule has 3 amide bonds. The Balaban J connectivity index is 1.50. The van der Waals surface area contributed by atoms with Gasteiger partial charge in [-0.15, -0.1) is 0 Å². The molecule has 1 spiro atoms. The lowest BCUT2D eigenvalue weighted by molar-refractivity contribution is -0.159. The first-order valence-electron chi connectivity index (χ1n) is 16.2. The second kappa shape index (κ2) is 14.5. The van der Waals surface area contributed by atoms with Gasteiger partial charge >= 0.3 is 5.97 Å². The zero-order valence-corrected chi connectivity index (χ0v) is 25.6. The van der Waals surface area contributed by atoms with E-state index in [0.717, 1.165) is 31.2 Å². The van der Waals surface area contributed by atoms with Crippen molar-refractivity contribution in [3.05, 3.63) is 60.2 Å². The van der Waals surface area contributed by atoms with Crippen molar-refractivity contribution in [2.45, 2.75) is 82.1 Å². The summed E-state index contributed by atoms with van der Waals surface area (Å²) in [4.78, 5) is 58.8. The van der Waals surface area contributed by atoms with Gasteiger partial charge in [0.25, 0.3) is 0 Å². The molecular formula is C34H45N3O7. The van der Waals surface area contributed by atoms with E-state index in [0.29, 0.717) is 38.9 Å². The molecule has 4 aliphatic heterocycles. The summed E-state index contributed by atoms with van der Waals surface area (Å²) in [6.45, 7) is 3.51. The van der Waals surface area contributed by atoms with Gasteiger partial charge in [-0.3, -0.25) is 19.2 Å². The molecule has 2 fully saturated rings. The van der Waals surface area contributed by atoms with Crippen LogP contribution in [0.4, 0.5) is 0 Å². The summed E-state index contributed by atoms with van der Waals surface area (Å²) in [5.74, 6) is -3.00. The van der Waals surface area contributed by atoms with Gasteiger partial charge in [0.15, 0.2) is 0 Å². The third-order valence-electron chi connectivity index (χ3n) is 9.23. The molecule has 10 heteroatoms. The van der Waals surface area contributed by atoms with E-state index in [-0.39, 0.29) is 37.3 Å². The average Bonchev–Trinajstić information content (AvgIpc) is 3.67. The number of esters is 1. The number of hydrogen-bond donors (Lipinski definition) is 2. The van der Waals surface area contributed by atoms with Crippen LogP contribution in [0.5, 0.6) is 0 Å². The van der Waals surface area contributed by atoms with Gasteiger partial charge in [0.2, 0.25) is 17.7 Å². The lowest BCUT2D eigenvalue weighted by Crippen LogP contribution is -2.56. The minimum absolute atomic E-state index is 0.0992. The molecule has 1 aromatic carbocycles. The van der Waals surface area contributed by atoms with Crippen LogP contribution in [0.1, 0.15) is 70.0 Å². The predicted molar refractivity (Wildman–Crippen MR) is 163 cm³/mol. The molecule has 44 heavy (non-hydrogen) atoms. The Morgan fingerprint density at radius 1 is 0.977 bits per heavy atom. The Labute approximate surface area is 259 Å². The number of hydrogen-bond acceptors (Lipinski definition) is 7. The highest BCUT2D eigenvalue weighted by atomic mass is 16.6. The second-order valence-corrected chi connectivity index (χ2v) is 12.2. The summed E-state index contributed by atoms with van der Waals surface area (Å²) in [6, 6.07) is 8.33. The van der Waals surface area contributed by atoms with E-state index in [1.165, 1.54) is 0 Å². The van der Waals surface area contributed by atoms with E-state index < -0.39 is 41.7 Å². The van der Waals surface area contributed by atoms with Crippen LogP contribution in [-0.2, 0) is 28.7 Å². The van der Waals surface area contributed by atoms with Gasteiger partial charge in [-0.05, 0) is 31.2 Å². The molecule has 10 nitrogen and oxygen atoms in total. The number of cyclic esters (lactones) is 1. The quantitative estimate of drug-likeness (QED) is 0.238. The fourth-order valence-corrected chi connectivity index (χ4v) is 6.96. The fourth-order valence-electron chi connectivity index (χ4n) is 6.96. The lowest BCUT2D eigenvalue weighted by Gasteiger charge is -2.36. The first kappa shape index (κ1) is 31.9. The largest absolute Gasteiger partial charge is 0.455 e. The number of likely N-dealkylation sites (tertiary alicyclic amines) is 1. The first-order valence-corrected chi connectivity index (χ1v) is 16.2. The number of aliphatic hydroxyl groups excluding tert-OH is 1. The van der Waals surface area contributed by atoms with Crippen molar-refractivity contribution in [3.8, 4) is 0 Å². The van der Waals surface area contributed by atoms with Crippen LogP contribution >= 0.6 is 0 Å². The van der Waals surface area contributed by atoms with Crippen molar-refractivity contribution in [3.63, 3.8) is 0 Å². The summed E-state index contributed by atoms with van der Waals surface area (Å²) in [5.41, 5.74) is -0.526. The van der Waals surface area contributed by atoms with Crippen LogP contribution in [0.15, 0.2) is 54.6 Å². The van der Waals surface area contributed by atoms with Crippen molar-refractivity contribution in [1.82, 2.24) is 15.1 Å². The number of carbonyl (C=O) groups is 4. The summed E-state index contributed by atoms with van der Waals surface area (Å²) in [6.07, 6.45) is 11.5. The van der Waals surface area contributed by atoms with Crippen LogP contribution in [0.25, 0.3) is 0 Å². The number of unbranched alkanes of at least 4 members (excludes halogenated alkanes) is 4. The summed E-state index contributed by atoms with van der Waals surface area (Å²) in [5, 5.41) is 12.1. The highest BCUT2D eigenvalue weighted by Gasteiger charge is 2.73. The maximum atomic E-state index is 14.5. The number of allylic oxidation sites excluding steroid dienone is 1. The van der Waals surface area contributed by atoms with Crippen LogP contribution in [0.3, 0.4) is 0 Å².